The summed E-state index contributed by atoms with van der Waals surface area (Å²) in [6.07, 6.45) is 0.440. The van der Waals surface area contributed by atoms with E-state index in [2.05, 4.69) is 0 Å². The predicted octanol–water partition coefficient (Wildman–Crippen LogP) is 2.09. The number of hydrogen-bond donors (Lipinski definition) is 1. The fourth-order valence-electron chi connectivity index (χ4n) is 1.06. The van der Waals surface area contributed by atoms with Crippen LogP contribution < -0.4 is 0 Å². The quantitative estimate of drug-likeness (QED) is 0.777. The second-order valence-electron chi connectivity index (χ2n) is 3.07. The fraction of sp³-hybridized carbons (Fsp3) is 0.300. The summed E-state index contributed by atoms with van der Waals surface area (Å²) in [6.45, 7) is 1.63. The Balaban J connectivity index is 2.64. The van der Waals surface area contributed by atoms with E-state index in [-0.39, 0.29) is 5.82 Å². The summed E-state index contributed by atoms with van der Waals surface area (Å²) in [5, 5.41) is 8.62. The van der Waals surface area contributed by atoms with Gasteiger partial charge in [-0.2, -0.15) is 0 Å². The monoisotopic (exact) mass is 182 g/mol. The number of hydrogen-bond acceptors (Lipinski definition) is 1. The van der Waals surface area contributed by atoms with Crippen molar-refractivity contribution in [2.24, 2.45) is 5.92 Å². The maximum atomic E-state index is 12.5. The van der Waals surface area contributed by atoms with Gasteiger partial charge in [-0.1, -0.05) is 19.1 Å². The van der Waals surface area contributed by atoms with Crippen molar-refractivity contribution in [2.75, 3.05) is 0 Å². The molecule has 0 aliphatic rings. The van der Waals surface area contributed by atoms with E-state index >= 15 is 0 Å². The highest BCUT2D eigenvalue weighted by Gasteiger charge is 2.10. The van der Waals surface area contributed by atoms with Crippen LogP contribution in [0.15, 0.2) is 24.3 Å². The number of benzene rings is 1. The maximum Gasteiger partial charge on any atom is 0.306 e. The number of rotatable bonds is 3. The van der Waals surface area contributed by atoms with Gasteiger partial charge >= 0.3 is 5.97 Å². The lowest BCUT2D eigenvalue weighted by molar-refractivity contribution is -0.141. The molecule has 0 radical (unpaired) electrons. The molecule has 3 heteroatoms. The zero-order valence-electron chi connectivity index (χ0n) is 7.33. The highest BCUT2D eigenvalue weighted by atomic mass is 19.1. The number of carboxylic acid groups (broad SMARTS) is 1. The molecule has 2 nitrogen and oxygen atoms in total. The summed E-state index contributed by atoms with van der Waals surface area (Å²) in [4.78, 5) is 10.5. The molecular formula is C10H11FO2. The Bertz CT molecular complexity index is 292. The largest absolute Gasteiger partial charge is 0.481 e. The Morgan fingerprint density at radius 3 is 2.46 bits per heavy atom. The molecule has 1 aromatic rings. The number of carboxylic acids is 1. The molecule has 0 saturated carbocycles. The minimum Gasteiger partial charge on any atom is -0.481 e. The minimum atomic E-state index is -0.829. The molecule has 1 rings (SSSR count). The lowest BCUT2D eigenvalue weighted by atomic mass is 10.0. The third-order valence-corrected chi connectivity index (χ3v) is 1.88. The lowest BCUT2D eigenvalue weighted by Crippen LogP contribution is -2.12. The van der Waals surface area contributed by atoms with Crippen LogP contribution in [0.4, 0.5) is 4.39 Å². The van der Waals surface area contributed by atoms with Crippen LogP contribution in [0.5, 0.6) is 0 Å². The summed E-state index contributed by atoms with van der Waals surface area (Å²) in [5.41, 5.74) is 0.844. The molecule has 0 aliphatic heterocycles. The van der Waals surface area contributed by atoms with E-state index in [1.165, 1.54) is 12.1 Å². The van der Waals surface area contributed by atoms with Crippen LogP contribution >= 0.6 is 0 Å². The topological polar surface area (TPSA) is 37.3 Å². The first-order valence-corrected chi connectivity index (χ1v) is 4.07. The fourth-order valence-corrected chi connectivity index (χ4v) is 1.06. The first kappa shape index (κ1) is 9.71. The Morgan fingerprint density at radius 2 is 2.00 bits per heavy atom. The number of halogens is 1. The molecule has 1 N–H and O–H groups in total. The van der Waals surface area contributed by atoms with Crippen molar-refractivity contribution in [3.05, 3.63) is 35.6 Å². The van der Waals surface area contributed by atoms with Crippen LogP contribution in [0.25, 0.3) is 0 Å². The molecule has 0 aromatic heterocycles. The van der Waals surface area contributed by atoms with Crippen molar-refractivity contribution < 1.29 is 14.3 Å². The van der Waals surface area contributed by atoms with Crippen LogP contribution in [0, 0.1) is 11.7 Å². The molecule has 0 fully saturated rings. The van der Waals surface area contributed by atoms with Crippen LogP contribution in [-0.2, 0) is 11.2 Å². The van der Waals surface area contributed by atoms with E-state index in [1.54, 1.807) is 19.1 Å². The van der Waals surface area contributed by atoms with E-state index in [1.807, 2.05) is 0 Å². The van der Waals surface area contributed by atoms with Crippen LogP contribution in [0.2, 0.25) is 0 Å². The predicted molar refractivity (Wildman–Crippen MR) is 46.9 cm³/mol. The zero-order chi connectivity index (χ0) is 9.84. The SMILES string of the molecule is C[C@H](Cc1ccc(F)cc1)C(=O)O. The Labute approximate surface area is 76.0 Å². The number of aliphatic carboxylic acids is 1. The van der Waals surface area contributed by atoms with Crippen LogP contribution in [0.1, 0.15) is 12.5 Å². The summed E-state index contributed by atoms with van der Waals surface area (Å²) < 4.78 is 12.5. The molecule has 0 unspecified atom stereocenters. The van der Waals surface area contributed by atoms with Crippen molar-refractivity contribution in [2.45, 2.75) is 13.3 Å². The summed E-state index contributed by atoms with van der Waals surface area (Å²) in [7, 11) is 0. The van der Waals surface area contributed by atoms with Gasteiger partial charge in [-0.3, -0.25) is 4.79 Å². The van der Waals surface area contributed by atoms with Gasteiger partial charge in [-0.25, -0.2) is 4.39 Å². The Hall–Kier alpha value is -1.38. The molecule has 0 spiro atoms. The molecule has 1 atom stereocenters. The number of carbonyl (C=O) groups is 1. The van der Waals surface area contributed by atoms with E-state index < -0.39 is 11.9 Å². The molecule has 0 saturated heterocycles. The average Bonchev–Trinajstić information content (AvgIpc) is 2.08. The third-order valence-electron chi connectivity index (χ3n) is 1.88. The molecule has 13 heavy (non-hydrogen) atoms. The van der Waals surface area contributed by atoms with Crippen molar-refractivity contribution in [3.8, 4) is 0 Å². The van der Waals surface area contributed by atoms with Crippen molar-refractivity contribution in [3.63, 3.8) is 0 Å². The van der Waals surface area contributed by atoms with Gasteiger partial charge in [0.1, 0.15) is 5.82 Å². The first-order chi connectivity index (χ1) is 6.09. The Morgan fingerprint density at radius 1 is 1.46 bits per heavy atom. The third kappa shape index (κ3) is 2.86. The van der Waals surface area contributed by atoms with E-state index in [0.29, 0.717) is 6.42 Å². The maximum absolute atomic E-state index is 12.5. The molecule has 0 aliphatic carbocycles. The van der Waals surface area contributed by atoms with Crippen molar-refractivity contribution in [1.29, 1.82) is 0 Å². The smallest absolute Gasteiger partial charge is 0.306 e. The first-order valence-electron chi connectivity index (χ1n) is 4.07. The Kier molecular flexibility index (Phi) is 3.01. The van der Waals surface area contributed by atoms with Gasteiger partial charge in [-0.15, -0.1) is 0 Å². The summed E-state index contributed by atoms with van der Waals surface area (Å²) >= 11 is 0. The molecule has 0 heterocycles. The minimum absolute atomic E-state index is 0.299. The van der Waals surface area contributed by atoms with Crippen molar-refractivity contribution in [1.82, 2.24) is 0 Å². The van der Waals surface area contributed by atoms with Gasteiger partial charge in [0.15, 0.2) is 0 Å². The second-order valence-corrected chi connectivity index (χ2v) is 3.07. The highest BCUT2D eigenvalue weighted by molar-refractivity contribution is 5.69. The molecule has 1 aromatic carbocycles. The zero-order valence-corrected chi connectivity index (χ0v) is 7.33. The van der Waals surface area contributed by atoms with Gasteiger partial charge in [0.2, 0.25) is 0 Å². The molecule has 0 amide bonds. The summed E-state index contributed by atoms with van der Waals surface area (Å²) in [6, 6.07) is 5.89. The van der Waals surface area contributed by atoms with E-state index in [0.717, 1.165) is 5.56 Å². The van der Waals surface area contributed by atoms with Gasteiger partial charge in [0.05, 0.1) is 5.92 Å². The van der Waals surface area contributed by atoms with Crippen molar-refractivity contribution >= 4 is 5.97 Å². The van der Waals surface area contributed by atoms with Crippen LogP contribution in [0.3, 0.4) is 0 Å². The standard InChI is InChI=1S/C10H11FO2/c1-7(10(12)13)6-8-2-4-9(11)5-3-8/h2-5,7H,6H2,1H3,(H,12,13)/t7-/m1/s1. The van der Waals surface area contributed by atoms with Crippen LogP contribution in [-0.4, -0.2) is 11.1 Å². The highest BCUT2D eigenvalue weighted by Crippen LogP contribution is 2.09. The van der Waals surface area contributed by atoms with Gasteiger partial charge in [0.25, 0.3) is 0 Å². The van der Waals surface area contributed by atoms with E-state index in [4.69, 9.17) is 5.11 Å². The average molecular weight is 182 g/mol. The molecule has 70 valence electrons. The van der Waals surface area contributed by atoms with Gasteiger partial charge in [0, 0.05) is 0 Å². The van der Waals surface area contributed by atoms with E-state index in [9.17, 15) is 9.18 Å². The summed E-state index contributed by atoms with van der Waals surface area (Å²) in [5.74, 6) is -1.55. The van der Waals surface area contributed by atoms with Gasteiger partial charge in [-0.05, 0) is 24.1 Å². The normalized spacial score (nSPS) is 12.5. The molecular weight excluding hydrogens is 171 g/mol. The van der Waals surface area contributed by atoms with Gasteiger partial charge < -0.3 is 5.11 Å². The lowest BCUT2D eigenvalue weighted by Gasteiger charge is -2.05. The second kappa shape index (κ2) is 4.03. The molecule has 0 bridgehead atoms.